The largest absolute Gasteiger partial charge is 0.352 e. The van der Waals surface area contributed by atoms with Crippen molar-refractivity contribution < 1.29 is 4.92 Å². The minimum atomic E-state index is -0.390. The highest BCUT2D eigenvalue weighted by atomic mass is 16.6. The molecule has 0 aliphatic heterocycles. The molecular formula is C15H14N4O2. The number of nitro benzene ring substituents is 1. The van der Waals surface area contributed by atoms with E-state index in [2.05, 4.69) is 10.3 Å². The highest BCUT2D eigenvalue weighted by Crippen LogP contribution is 2.19. The molecule has 2 aromatic carbocycles. The average Bonchev–Trinajstić information content (AvgIpc) is 2.82. The molecular weight excluding hydrogens is 268 g/mol. The summed E-state index contributed by atoms with van der Waals surface area (Å²) < 4.78 is 1.96. The second-order valence-electron chi connectivity index (χ2n) is 4.76. The third-order valence-corrected chi connectivity index (χ3v) is 3.36. The van der Waals surface area contributed by atoms with E-state index in [1.807, 2.05) is 41.9 Å². The van der Waals surface area contributed by atoms with Gasteiger partial charge in [-0.25, -0.2) is 4.98 Å². The molecule has 0 spiro atoms. The normalized spacial score (nSPS) is 10.7. The van der Waals surface area contributed by atoms with Crippen molar-refractivity contribution >= 4 is 22.7 Å². The summed E-state index contributed by atoms with van der Waals surface area (Å²) in [6.07, 6.45) is 0. The predicted octanol–water partition coefficient (Wildman–Crippen LogP) is 3.09. The Bertz CT molecular complexity index is 810. The van der Waals surface area contributed by atoms with Gasteiger partial charge in [0.1, 0.15) is 0 Å². The van der Waals surface area contributed by atoms with Crippen molar-refractivity contribution in [2.75, 3.05) is 5.32 Å². The zero-order chi connectivity index (χ0) is 14.8. The fourth-order valence-corrected chi connectivity index (χ4v) is 2.26. The number of rotatable bonds is 4. The number of para-hydroxylation sites is 2. The third kappa shape index (κ3) is 2.55. The SMILES string of the molecule is Cn1c(NCc2cccc([N+](=O)[O-])c2)nc2ccccc21. The molecule has 0 bridgehead atoms. The Balaban J connectivity index is 1.82. The first-order valence-corrected chi connectivity index (χ1v) is 6.54. The van der Waals surface area contributed by atoms with E-state index in [1.165, 1.54) is 6.07 Å². The average molecular weight is 282 g/mol. The van der Waals surface area contributed by atoms with Gasteiger partial charge in [0.05, 0.1) is 16.0 Å². The third-order valence-electron chi connectivity index (χ3n) is 3.36. The van der Waals surface area contributed by atoms with Crippen LogP contribution in [0.25, 0.3) is 11.0 Å². The lowest BCUT2D eigenvalue weighted by molar-refractivity contribution is -0.384. The van der Waals surface area contributed by atoms with Gasteiger partial charge in [0.2, 0.25) is 5.95 Å². The van der Waals surface area contributed by atoms with Gasteiger partial charge in [-0.2, -0.15) is 0 Å². The Morgan fingerprint density at radius 1 is 1.24 bits per heavy atom. The van der Waals surface area contributed by atoms with E-state index in [4.69, 9.17) is 0 Å². The second kappa shape index (κ2) is 5.24. The first-order valence-electron chi connectivity index (χ1n) is 6.54. The molecule has 0 saturated carbocycles. The molecule has 6 heteroatoms. The molecule has 0 radical (unpaired) electrons. The van der Waals surface area contributed by atoms with Crippen molar-refractivity contribution in [2.45, 2.75) is 6.54 Å². The first kappa shape index (κ1) is 13.1. The van der Waals surface area contributed by atoms with Gasteiger partial charge in [0, 0.05) is 25.7 Å². The number of anilines is 1. The van der Waals surface area contributed by atoms with Crippen LogP contribution in [0.3, 0.4) is 0 Å². The fraction of sp³-hybridized carbons (Fsp3) is 0.133. The summed E-state index contributed by atoms with van der Waals surface area (Å²) in [5, 5.41) is 14.0. The Hall–Kier alpha value is -2.89. The molecule has 1 aromatic heterocycles. The van der Waals surface area contributed by atoms with Crippen molar-refractivity contribution in [3.05, 3.63) is 64.2 Å². The quantitative estimate of drug-likeness (QED) is 0.589. The van der Waals surface area contributed by atoms with Gasteiger partial charge in [-0.15, -0.1) is 0 Å². The summed E-state index contributed by atoms with van der Waals surface area (Å²) in [4.78, 5) is 14.9. The highest BCUT2D eigenvalue weighted by Gasteiger charge is 2.08. The predicted molar refractivity (Wildman–Crippen MR) is 81.1 cm³/mol. The number of imidazole rings is 1. The molecule has 21 heavy (non-hydrogen) atoms. The molecule has 3 rings (SSSR count). The Kier molecular flexibility index (Phi) is 3.27. The van der Waals surface area contributed by atoms with Crippen molar-refractivity contribution in [3.63, 3.8) is 0 Å². The maximum Gasteiger partial charge on any atom is 0.269 e. The lowest BCUT2D eigenvalue weighted by Gasteiger charge is -2.06. The Labute approximate surface area is 121 Å². The number of fused-ring (bicyclic) bond motifs is 1. The molecule has 1 heterocycles. The summed E-state index contributed by atoms with van der Waals surface area (Å²) in [7, 11) is 1.94. The molecule has 0 amide bonds. The summed E-state index contributed by atoms with van der Waals surface area (Å²) >= 11 is 0. The van der Waals surface area contributed by atoms with Crippen LogP contribution >= 0.6 is 0 Å². The van der Waals surface area contributed by atoms with Crippen LogP contribution in [0.4, 0.5) is 11.6 Å². The number of aryl methyl sites for hydroxylation is 1. The monoisotopic (exact) mass is 282 g/mol. The van der Waals surface area contributed by atoms with E-state index < -0.39 is 4.92 Å². The summed E-state index contributed by atoms with van der Waals surface area (Å²) in [6, 6.07) is 14.4. The van der Waals surface area contributed by atoms with E-state index in [0.29, 0.717) is 6.54 Å². The van der Waals surface area contributed by atoms with Gasteiger partial charge < -0.3 is 9.88 Å². The first-order chi connectivity index (χ1) is 10.1. The van der Waals surface area contributed by atoms with Gasteiger partial charge in [-0.3, -0.25) is 10.1 Å². The lowest BCUT2D eigenvalue weighted by atomic mass is 10.2. The van der Waals surface area contributed by atoms with E-state index in [0.717, 1.165) is 22.5 Å². The van der Waals surface area contributed by atoms with Gasteiger partial charge in [-0.1, -0.05) is 24.3 Å². The Morgan fingerprint density at radius 2 is 2.05 bits per heavy atom. The number of nitrogens with one attached hydrogen (secondary N) is 1. The highest BCUT2D eigenvalue weighted by molar-refractivity contribution is 5.78. The fourth-order valence-electron chi connectivity index (χ4n) is 2.26. The zero-order valence-electron chi connectivity index (χ0n) is 11.5. The van der Waals surface area contributed by atoms with Crippen molar-refractivity contribution in [3.8, 4) is 0 Å². The molecule has 1 N–H and O–H groups in total. The van der Waals surface area contributed by atoms with Crippen LogP contribution in [0.5, 0.6) is 0 Å². The van der Waals surface area contributed by atoms with E-state index in [9.17, 15) is 10.1 Å². The smallest absolute Gasteiger partial charge is 0.269 e. The standard InChI is InChI=1S/C15H14N4O2/c1-18-14-8-3-2-7-13(14)17-15(18)16-10-11-5-4-6-12(9-11)19(20)21/h2-9H,10H2,1H3,(H,16,17). The van der Waals surface area contributed by atoms with E-state index >= 15 is 0 Å². The van der Waals surface area contributed by atoms with Crippen LogP contribution < -0.4 is 5.32 Å². The molecule has 0 atom stereocenters. The lowest BCUT2D eigenvalue weighted by Crippen LogP contribution is -2.05. The van der Waals surface area contributed by atoms with Crippen LogP contribution in [-0.2, 0) is 13.6 Å². The van der Waals surface area contributed by atoms with Gasteiger partial charge in [-0.05, 0) is 17.7 Å². The number of hydrogen-bond acceptors (Lipinski definition) is 4. The van der Waals surface area contributed by atoms with Gasteiger partial charge in [0.25, 0.3) is 5.69 Å². The summed E-state index contributed by atoms with van der Waals surface area (Å²) in [5.41, 5.74) is 2.90. The number of hydrogen-bond donors (Lipinski definition) is 1. The van der Waals surface area contributed by atoms with Crippen molar-refractivity contribution in [1.29, 1.82) is 0 Å². The van der Waals surface area contributed by atoms with Crippen molar-refractivity contribution in [1.82, 2.24) is 9.55 Å². The molecule has 6 nitrogen and oxygen atoms in total. The minimum absolute atomic E-state index is 0.0966. The van der Waals surface area contributed by atoms with E-state index in [1.54, 1.807) is 12.1 Å². The Morgan fingerprint density at radius 3 is 2.81 bits per heavy atom. The number of aromatic nitrogens is 2. The number of benzene rings is 2. The van der Waals surface area contributed by atoms with Crippen LogP contribution in [-0.4, -0.2) is 14.5 Å². The molecule has 106 valence electrons. The van der Waals surface area contributed by atoms with Crippen LogP contribution in [0.1, 0.15) is 5.56 Å². The van der Waals surface area contributed by atoms with Crippen LogP contribution in [0, 0.1) is 10.1 Å². The molecule has 0 aliphatic rings. The van der Waals surface area contributed by atoms with E-state index in [-0.39, 0.29) is 5.69 Å². The van der Waals surface area contributed by atoms with Gasteiger partial charge in [0.15, 0.2) is 0 Å². The number of non-ortho nitro benzene ring substituents is 1. The summed E-state index contributed by atoms with van der Waals surface area (Å²) in [5.74, 6) is 0.739. The zero-order valence-corrected chi connectivity index (χ0v) is 11.5. The molecule has 3 aromatic rings. The molecule has 0 aliphatic carbocycles. The number of nitrogens with zero attached hydrogens (tertiary/aromatic N) is 3. The molecule has 0 saturated heterocycles. The molecule has 0 unspecified atom stereocenters. The maximum absolute atomic E-state index is 10.8. The summed E-state index contributed by atoms with van der Waals surface area (Å²) in [6.45, 7) is 0.485. The topological polar surface area (TPSA) is 73.0 Å². The van der Waals surface area contributed by atoms with Crippen molar-refractivity contribution in [2.24, 2.45) is 7.05 Å². The van der Waals surface area contributed by atoms with Gasteiger partial charge >= 0.3 is 0 Å². The maximum atomic E-state index is 10.8. The van der Waals surface area contributed by atoms with Crippen LogP contribution in [0.15, 0.2) is 48.5 Å². The minimum Gasteiger partial charge on any atom is -0.352 e. The number of nitro groups is 1. The second-order valence-corrected chi connectivity index (χ2v) is 4.76. The van der Waals surface area contributed by atoms with Crippen LogP contribution in [0.2, 0.25) is 0 Å². The molecule has 0 fully saturated rings.